The summed E-state index contributed by atoms with van der Waals surface area (Å²) in [4.78, 5) is 0. The smallest absolute Gasteiger partial charge is 0.149 e. The average Bonchev–Trinajstić information content (AvgIpc) is 2.20. The van der Waals surface area contributed by atoms with Gasteiger partial charge in [0.25, 0.3) is 0 Å². The average molecular weight is 268 g/mol. The molecule has 0 amide bonds. The summed E-state index contributed by atoms with van der Waals surface area (Å²) >= 11 is 3.41. The molecular weight excluding hydrogens is 254 g/mol. The van der Waals surface area contributed by atoms with Crippen LogP contribution in [0.4, 0.5) is 0 Å². The van der Waals surface area contributed by atoms with Crippen LogP contribution in [0.1, 0.15) is 25.5 Å². The van der Waals surface area contributed by atoms with E-state index < -0.39 is 0 Å². The van der Waals surface area contributed by atoms with Crippen molar-refractivity contribution in [3.8, 4) is 17.6 Å². The van der Waals surface area contributed by atoms with Gasteiger partial charge in [-0.05, 0) is 32.0 Å². The summed E-state index contributed by atoms with van der Waals surface area (Å²) in [6, 6.07) is 5.76. The largest absolute Gasteiger partial charge is 0.481 e. The molecule has 15 heavy (non-hydrogen) atoms. The lowest BCUT2D eigenvalue weighted by Gasteiger charge is -2.12. The highest BCUT2D eigenvalue weighted by molar-refractivity contribution is 9.10. The Morgan fingerprint density at radius 3 is 2.87 bits per heavy atom. The standard InChI is InChI=1S/C12H14BrNO/c1-3-4-7-15-12-6-5-10(13)8-11(12)9(2)14/h5-6,8-9H,7,14H2,1-2H3/t9-/m1/s1. The quantitative estimate of drug-likeness (QED) is 0.855. The van der Waals surface area contributed by atoms with E-state index in [9.17, 15) is 0 Å². The van der Waals surface area contributed by atoms with Gasteiger partial charge in [-0.1, -0.05) is 21.9 Å². The molecule has 0 aliphatic rings. The van der Waals surface area contributed by atoms with Crippen molar-refractivity contribution < 1.29 is 4.74 Å². The number of nitrogens with two attached hydrogens (primary N) is 1. The minimum atomic E-state index is -0.0490. The van der Waals surface area contributed by atoms with Gasteiger partial charge in [0.1, 0.15) is 12.4 Å². The highest BCUT2D eigenvalue weighted by atomic mass is 79.9. The molecule has 0 aliphatic heterocycles. The van der Waals surface area contributed by atoms with Gasteiger partial charge in [-0.25, -0.2) is 0 Å². The fourth-order valence-corrected chi connectivity index (χ4v) is 1.57. The first-order valence-corrected chi connectivity index (χ1v) is 5.52. The first-order chi connectivity index (χ1) is 7.15. The van der Waals surface area contributed by atoms with E-state index in [0.717, 1.165) is 15.8 Å². The highest BCUT2D eigenvalue weighted by Crippen LogP contribution is 2.27. The Morgan fingerprint density at radius 2 is 2.27 bits per heavy atom. The molecule has 0 spiro atoms. The maximum Gasteiger partial charge on any atom is 0.149 e. The second kappa shape index (κ2) is 5.79. The van der Waals surface area contributed by atoms with Crippen LogP contribution in [0.2, 0.25) is 0 Å². The van der Waals surface area contributed by atoms with Gasteiger partial charge in [0.05, 0.1) is 0 Å². The van der Waals surface area contributed by atoms with E-state index in [2.05, 4.69) is 27.8 Å². The number of hydrogen-bond acceptors (Lipinski definition) is 2. The summed E-state index contributed by atoms with van der Waals surface area (Å²) < 4.78 is 6.52. The van der Waals surface area contributed by atoms with Crippen LogP contribution < -0.4 is 10.5 Å². The van der Waals surface area contributed by atoms with Crippen LogP contribution in [0, 0.1) is 11.8 Å². The maximum atomic E-state index is 5.85. The summed E-state index contributed by atoms with van der Waals surface area (Å²) in [5.74, 6) is 6.44. The van der Waals surface area contributed by atoms with Gasteiger partial charge in [-0.2, -0.15) is 0 Å². The van der Waals surface area contributed by atoms with Gasteiger partial charge >= 0.3 is 0 Å². The predicted octanol–water partition coefficient (Wildman–Crippen LogP) is 2.87. The van der Waals surface area contributed by atoms with Crippen LogP contribution in [0.3, 0.4) is 0 Å². The second-order valence-electron chi connectivity index (χ2n) is 3.19. The maximum absolute atomic E-state index is 5.85. The van der Waals surface area contributed by atoms with E-state index in [4.69, 9.17) is 10.5 Å². The first-order valence-electron chi connectivity index (χ1n) is 4.72. The zero-order valence-corrected chi connectivity index (χ0v) is 10.5. The van der Waals surface area contributed by atoms with Gasteiger partial charge in [-0.3, -0.25) is 0 Å². The van der Waals surface area contributed by atoms with Crippen LogP contribution in [-0.4, -0.2) is 6.61 Å². The summed E-state index contributed by atoms with van der Waals surface area (Å²) in [5, 5.41) is 0. The van der Waals surface area contributed by atoms with Crippen molar-refractivity contribution >= 4 is 15.9 Å². The lowest BCUT2D eigenvalue weighted by molar-refractivity contribution is 0.364. The van der Waals surface area contributed by atoms with Crippen molar-refractivity contribution in [1.29, 1.82) is 0 Å². The van der Waals surface area contributed by atoms with E-state index in [1.54, 1.807) is 6.92 Å². The normalized spacial score (nSPS) is 11.5. The molecule has 0 unspecified atom stereocenters. The molecule has 0 heterocycles. The molecule has 0 bridgehead atoms. The van der Waals surface area contributed by atoms with Crippen LogP contribution >= 0.6 is 15.9 Å². The highest BCUT2D eigenvalue weighted by Gasteiger charge is 2.08. The van der Waals surface area contributed by atoms with Gasteiger partial charge in [0.15, 0.2) is 0 Å². The predicted molar refractivity (Wildman–Crippen MR) is 65.7 cm³/mol. The van der Waals surface area contributed by atoms with Gasteiger partial charge in [-0.15, -0.1) is 5.92 Å². The topological polar surface area (TPSA) is 35.2 Å². The molecule has 0 radical (unpaired) electrons. The Bertz CT molecular complexity index is 390. The van der Waals surface area contributed by atoms with Crippen molar-refractivity contribution in [1.82, 2.24) is 0 Å². The molecule has 1 rings (SSSR count). The molecule has 0 fully saturated rings. The Balaban J connectivity index is 2.89. The Kier molecular flexibility index (Phi) is 4.67. The van der Waals surface area contributed by atoms with E-state index in [1.165, 1.54) is 0 Å². The zero-order valence-electron chi connectivity index (χ0n) is 8.88. The fraction of sp³-hybridized carbons (Fsp3) is 0.333. The second-order valence-corrected chi connectivity index (χ2v) is 4.10. The van der Waals surface area contributed by atoms with Crippen LogP contribution in [0.15, 0.2) is 22.7 Å². The van der Waals surface area contributed by atoms with Gasteiger partial charge in [0, 0.05) is 16.1 Å². The summed E-state index contributed by atoms with van der Waals surface area (Å²) in [6.07, 6.45) is 0. The molecule has 1 aromatic rings. The number of benzene rings is 1. The first kappa shape index (κ1) is 12.1. The zero-order chi connectivity index (χ0) is 11.3. The van der Waals surface area contributed by atoms with E-state index in [-0.39, 0.29) is 6.04 Å². The third kappa shape index (κ3) is 3.58. The van der Waals surface area contributed by atoms with Crippen molar-refractivity contribution in [3.05, 3.63) is 28.2 Å². The van der Waals surface area contributed by atoms with Crippen molar-refractivity contribution in [3.63, 3.8) is 0 Å². The molecule has 2 N–H and O–H groups in total. The van der Waals surface area contributed by atoms with Crippen molar-refractivity contribution in [2.24, 2.45) is 5.73 Å². The van der Waals surface area contributed by atoms with Crippen molar-refractivity contribution in [2.75, 3.05) is 6.61 Å². The summed E-state index contributed by atoms with van der Waals surface area (Å²) in [6.45, 7) is 4.12. The monoisotopic (exact) mass is 267 g/mol. The van der Waals surface area contributed by atoms with Crippen molar-refractivity contribution in [2.45, 2.75) is 19.9 Å². The lowest BCUT2D eigenvalue weighted by atomic mass is 10.1. The molecule has 1 aromatic carbocycles. The molecule has 2 nitrogen and oxygen atoms in total. The SMILES string of the molecule is CC#CCOc1ccc(Br)cc1[C@@H](C)N. The van der Waals surface area contributed by atoms with Crippen LogP contribution in [0.25, 0.3) is 0 Å². The Labute approximate surface area is 98.9 Å². The van der Waals surface area contributed by atoms with Crippen LogP contribution in [-0.2, 0) is 0 Å². The number of halogens is 1. The third-order valence-electron chi connectivity index (χ3n) is 1.94. The molecule has 0 saturated heterocycles. The van der Waals surface area contributed by atoms with E-state index in [1.807, 2.05) is 25.1 Å². The molecule has 0 aliphatic carbocycles. The Morgan fingerprint density at radius 1 is 1.53 bits per heavy atom. The molecule has 1 atom stereocenters. The number of ether oxygens (including phenoxy) is 1. The molecule has 3 heteroatoms. The minimum absolute atomic E-state index is 0.0490. The molecule has 80 valence electrons. The molecule has 0 saturated carbocycles. The Hall–Kier alpha value is -0.980. The number of rotatable bonds is 3. The third-order valence-corrected chi connectivity index (χ3v) is 2.43. The summed E-state index contributed by atoms with van der Waals surface area (Å²) in [5.41, 5.74) is 6.84. The van der Waals surface area contributed by atoms with Gasteiger partial charge in [0.2, 0.25) is 0 Å². The van der Waals surface area contributed by atoms with Crippen LogP contribution in [0.5, 0.6) is 5.75 Å². The van der Waals surface area contributed by atoms with Gasteiger partial charge < -0.3 is 10.5 Å². The lowest BCUT2D eigenvalue weighted by Crippen LogP contribution is -2.08. The minimum Gasteiger partial charge on any atom is -0.481 e. The summed E-state index contributed by atoms with van der Waals surface area (Å²) in [7, 11) is 0. The molecule has 0 aromatic heterocycles. The number of hydrogen-bond donors (Lipinski definition) is 1. The molecular formula is C12H14BrNO. The van der Waals surface area contributed by atoms with E-state index >= 15 is 0 Å². The fourth-order valence-electron chi connectivity index (χ4n) is 1.19. The van der Waals surface area contributed by atoms with E-state index in [0.29, 0.717) is 6.61 Å².